The first kappa shape index (κ1) is 11.2. The Morgan fingerprint density at radius 3 is 3.00 bits per heavy atom. The van der Waals surface area contributed by atoms with Gasteiger partial charge in [0.2, 0.25) is 5.91 Å². The van der Waals surface area contributed by atoms with Gasteiger partial charge in [0.25, 0.3) is 0 Å². The van der Waals surface area contributed by atoms with E-state index in [9.17, 15) is 4.79 Å². The van der Waals surface area contributed by atoms with Crippen molar-refractivity contribution in [3.63, 3.8) is 0 Å². The summed E-state index contributed by atoms with van der Waals surface area (Å²) >= 11 is 1.57. The van der Waals surface area contributed by atoms with E-state index in [1.807, 2.05) is 24.4 Å². The molecule has 0 fully saturated rings. The van der Waals surface area contributed by atoms with E-state index in [1.54, 1.807) is 11.3 Å². The van der Waals surface area contributed by atoms with Crippen LogP contribution < -0.4 is 5.32 Å². The van der Waals surface area contributed by atoms with Gasteiger partial charge in [-0.3, -0.25) is 4.79 Å². The molecule has 0 saturated carbocycles. The zero-order valence-electron chi connectivity index (χ0n) is 8.19. The number of aliphatic hydroxyl groups is 1. The molecular weight excluding hydrogens is 198 g/mol. The van der Waals surface area contributed by atoms with Gasteiger partial charge in [0.1, 0.15) is 0 Å². The van der Waals surface area contributed by atoms with E-state index < -0.39 is 0 Å². The van der Waals surface area contributed by atoms with Crippen molar-refractivity contribution in [3.8, 4) is 0 Å². The highest BCUT2D eigenvalue weighted by atomic mass is 32.1. The van der Waals surface area contributed by atoms with Crippen molar-refractivity contribution in [3.05, 3.63) is 22.4 Å². The number of hydrogen-bond acceptors (Lipinski definition) is 3. The van der Waals surface area contributed by atoms with Gasteiger partial charge in [-0.1, -0.05) is 13.0 Å². The van der Waals surface area contributed by atoms with Gasteiger partial charge in [-0.25, -0.2) is 0 Å². The van der Waals surface area contributed by atoms with Crippen molar-refractivity contribution in [1.82, 2.24) is 5.32 Å². The van der Waals surface area contributed by atoms with Gasteiger partial charge in [-0.2, -0.15) is 0 Å². The lowest BCUT2D eigenvalue weighted by Gasteiger charge is -2.13. The fourth-order valence-electron chi connectivity index (χ4n) is 1.13. The lowest BCUT2D eigenvalue weighted by Crippen LogP contribution is -2.37. The van der Waals surface area contributed by atoms with Gasteiger partial charge in [-0.15, -0.1) is 11.3 Å². The molecule has 1 amide bonds. The minimum atomic E-state index is -0.109. The summed E-state index contributed by atoms with van der Waals surface area (Å²) in [4.78, 5) is 12.5. The van der Waals surface area contributed by atoms with Crippen molar-refractivity contribution in [2.24, 2.45) is 0 Å². The van der Waals surface area contributed by atoms with Crippen LogP contribution in [0.15, 0.2) is 17.5 Å². The molecule has 2 N–H and O–H groups in total. The van der Waals surface area contributed by atoms with Gasteiger partial charge in [0.05, 0.1) is 19.1 Å². The fourth-order valence-corrected chi connectivity index (χ4v) is 1.83. The summed E-state index contributed by atoms with van der Waals surface area (Å²) in [6.07, 6.45) is 1.17. The monoisotopic (exact) mass is 213 g/mol. The molecule has 0 aliphatic carbocycles. The Balaban J connectivity index is 2.35. The predicted octanol–water partition coefficient (Wildman–Crippen LogP) is 1.18. The lowest BCUT2D eigenvalue weighted by molar-refractivity contribution is -0.121. The third-order valence-electron chi connectivity index (χ3n) is 1.99. The summed E-state index contributed by atoms with van der Waals surface area (Å²) in [5.41, 5.74) is 0. The average Bonchev–Trinajstić information content (AvgIpc) is 2.66. The maximum Gasteiger partial charge on any atom is 0.225 e. The summed E-state index contributed by atoms with van der Waals surface area (Å²) in [6.45, 7) is 1.94. The molecule has 1 aromatic rings. The van der Waals surface area contributed by atoms with Crippen LogP contribution in [0.3, 0.4) is 0 Å². The molecule has 0 unspecified atom stereocenters. The second-order valence-electron chi connectivity index (χ2n) is 3.11. The SMILES string of the molecule is CC[C@@H](CO)NC(=O)Cc1cccs1. The molecular formula is C10H15NO2S. The number of hydrogen-bond donors (Lipinski definition) is 2. The van der Waals surface area contributed by atoms with E-state index in [-0.39, 0.29) is 18.6 Å². The predicted molar refractivity (Wildman–Crippen MR) is 57.3 cm³/mol. The van der Waals surface area contributed by atoms with Gasteiger partial charge in [0, 0.05) is 4.88 Å². The van der Waals surface area contributed by atoms with E-state index in [1.165, 1.54) is 0 Å². The Hall–Kier alpha value is -0.870. The first-order valence-electron chi connectivity index (χ1n) is 4.68. The van der Waals surface area contributed by atoms with Gasteiger partial charge >= 0.3 is 0 Å². The zero-order valence-corrected chi connectivity index (χ0v) is 9.01. The average molecular weight is 213 g/mol. The summed E-state index contributed by atoms with van der Waals surface area (Å²) in [7, 11) is 0. The molecule has 0 radical (unpaired) electrons. The number of amides is 1. The van der Waals surface area contributed by atoms with Crippen LogP contribution in [-0.4, -0.2) is 23.7 Å². The quantitative estimate of drug-likeness (QED) is 0.771. The minimum Gasteiger partial charge on any atom is -0.394 e. The number of aliphatic hydroxyl groups excluding tert-OH is 1. The molecule has 78 valence electrons. The summed E-state index contributed by atoms with van der Waals surface area (Å²) in [5, 5.41) is 13.6. The minimum absolute atomic E-state index is 0.00663. The molecule has 14 heavy (non-hydrogen) atoms. The second-order valence-corrected chi connectivity index (χ2v) is 4.14. The molecule has 0 spiro atoms. The van der Waals surface area contributed by atoms with E-state index in [0.717, 1.165) is 11.3 Å². The Labute approximate surface area is 87.8 Å². The molecule has 0 aliphatic rings. The Bertz CT molecular complexity index is 268. The fraction of sp³-hybridized carbons (Fsp3) is 0.500. The van der Waals surface area contributed by atoms with Crippen molar-refractivity contribution >= 4 is 17.2 Å². The molecule has 1 heterocycles. The first-order valence-corrected chi connectivity index (χ1v) is 5.56. The zero-order chi connectivity index (χ0) is 10.4. The highest BCUT2D eigenvalue weighted by Crippen LogP contribution is 2.08. The Kier molecular flexibility index (Phi) is 4.62. The van der Waals surface area contributed by atoms with Crippen molar-refractivity contribution in [1.29, 1.82) is 0 Å². The lowest BCUT2D eigenvalue weighted by atomic mass is 10.2. The van der Waals surface area contributed by atoms with Crippen molar-refractivity contribution in [2.45, 2.75) is 25.8 Å². The first-order chi connectivity index (χ1) is 6.76. The van der Waals surface area contributed by atoms with Crippen LogP contribution in [0.25, 0.3) is 0 Å². The molecule has 0 aliphatic heterocycles. The molecule has 1 atom stereocenters. The smallest absolute Gasteiger partial charge is 0.225 e. The third kappa shape index (κ3) is 3.47. The molecule has 0 saturated heterocycles. The maximum atomic E-state index is 11.4. The van der Waals surface area contributed by atoms with Crippen LogP contribution in [0, 0.1) is 0 Å². The Morgan fingerprint density at radius 2 is 2.50 bits per heavy atom. The van der Waals surface area contributed by atoms with Crippen LogP contribution in [-0.2, 0) is 11.2 Å². The molecule has 1 rings (SSSR count). The third-order valence-corrected chi connectivity index (χ3v) is 2.87. The van der Waals surface area contributed by atoms with E-state index >= 15 is 0 Å². The van der Waals surface area contributed by atoms with Gasteiger partial charge < -0.3 is 10.4 Å². The standard InChI is InChI=1S/C10H15NO2S/c1-2-8(7-12)11-10(13)6-9-4-3-5-14-9/h3-5,8,12H,2,6-7H2,1H3,(H,11,13)/t8-/m0/s1. The summed E-state index contributed by atoms with van der Waals surface area (Å²) < 4.78 is 0. The summed E-state index contributed by atoms with van der Waals surface area (Å²) in [6, 6.07) is 3.75. The number of thiophene rings is 1. The topological polar surface area (TPSA) is 49.3 Å². The van der Waals surface area contributed by atoms with Crippen LogP contribution >= 0.6 is 11.3 Å². The van der Waals surface area contributed by atoms with Gasteiger partial charge in [-0.05, 0) is 17.9 Å². The highest BCUT2D eigenvalue weighted by molar-refractivity contribution is 7.10. The molecule has 4 heteroatoms. The van der Waals surface area contributed by atoms with Gasteiger partial charge in [0.15, 0.2) is 0 Å². The van der Waals surface area contributed by atoms with Crippen molar-refractivity contribution < 1.29 is 9.90 Å². The number of carbonyl (C=O) groups excluding carboxylic acids is 1. The van der Waals surface area contributed by atoms with Crippen LogP contribution in [0.1, 0.15) is 18.2 Å². The number of rotatable bonds is 5. The normalized spacial score (nSPS) is 12.4. The van der Waals surface area contributed by atoms with E-state index in [2.05, 4.69) is 5.32 Å². The number of nitrogens with one attached hydrogen (secondary N) is 1. The van der Waals surface area contributed by atoms with E-state index in [4.69, 9.17) is 5.11 Å². The molecule has 0 aromatic carbocycles. The molecule has 0 bridgehead atoms. The van der Waals surface area contributed by atoms with Crippen LogP contribution in [0.4, 0.5) is 0 Å². The summed E-state index contributed by atoms with van der Waals surface area (Å²) in [5.74, 6) is -0.0200. The second kappa shape index (κ2) is 5.78. The van der Waals surface area contributed by atoms with Crippen LogP contribution in [0.2, 0.25) is 0 Å². The molecule has 3 nitrogen and oxygen atoms in total. The van der Waals surface area contributed by atoms with E-state index in [0.29, 0.717) is 6.42 Å². The largest absolute Gasteiger partial charge is 0.394 e. The van der Waals surface area contributed by atoms with Crippen LogP contribution in [0.5, 0.6) is 0 Å². The Morgan fingerprint density at radius 1 is 1.71 bits per heavy atom. The maximum absolute atomic E-state index is 11.4. The highest BCUT2D eigenvalue weighted by Gasteiger charge is 2.09. The van der Waals surface area contributed by atoms with Crippen molar-refractivity contribution in [2.75, 3.05) is 6.61 Å². The number of carbonyl (C=O) groups is 1. The molecule has 1 aromatic heterocycles.